The van der Waals surface area contributed by atoms with Crippen LogP contribution in [0.4, 0.5) is 11.6 Å². The number of aromatic nitrogens is 2. The van der Waals surface area contributed by atoms with Gasteiger partial charge in [-0.2, -0.15) is 0 Å². The largest absolute Gasteiger partial charge is 0.354 e. The molecule has 0 saturated heterocycles. The summed E-state index contributed by atoms with van der Waals surface area (Å²) < 4.78 is 0.825. The second-order valence-corrected chi connectivity index (χ2v) is 6.59. The van der Waals surface area contributed by atoms with E-state index in [0.29, 0.717) is 17.3 Å². The number of nitrogens with zero attached hydrogens (tertiary/aromatic N) is 3. The molecular weight excluding hydrogens is 370 g/mol. The fourth-order valence-corrected chi connectivity index (χ4v) is 2.49. The van der Waals surface area contributed by atoms with E-state index in [2.05, 4.69) is 41.4 Å². The highest BCUT2D eigenvalue weighted by Crippen LogP contribution is 2.21. The molecule has 0 unspecified atom stereocenters. The van der Waals surface area contributed by atoms with E-state index in [-0.39, 0.29) is 5.91 Å². The van der Waals surface area contributed by atoms with Gasteiger partial charge in [0.25, 0.3) is 5.91 Å². The molecule has 0 saturated carbocycles. The summed E-state index contributed by atoms with van der Waals surface area (Å²) in [6, 6.07) is 9.14. The van der Waals surface area contributed by atoms with E-state index >= 15 is 0 Å². The summed E-state index contributed by atoms with van der Waals surface area (Å²) in [6.07, 6.45) is 0.975. The van der Waals surface area contributed by atoms with Gasteiger partial charge < -0.3 is 15.5 Å². The molecule has 24 heavy (non-hydrogen) atoms. The van der Waals surface area contributed by atoms with Crippen molar-refractivity contribution in [1.82, 2.24) is 14.9 Å². The highest BCUT2D eigenvalue weighted by Gasteiger charge is 2.12. The number of carbonyl (C=O) groups is 1. The Morgan fingerprint density at radius 3 is 2.71 bits per heavy atom. The molecule has 0 aliphatic heterocycles. The van der Waals surface area contributed by atoms with Crippen molar-refractivity contribution in [3.63, 3.8) is 0 Å². The third kappa shape index (κ3) is 5.58. The SMILES string of the molecule is Cc1cc(C(=O)Nc2ccccc2Br)nc(NCCCN(C)C)n1. The molecule has 0 atom stereocenters. The van der Waals surface area contributed by atoms with Crippen molar-refractivity contribution < 1.29 is 4.79 Å². The van der Waals surface area contributed by atoms with Crippen LogP contribution >= 0.6 is 15.9 Å². The number of nitrogens with one attached hydrogen (secondary N) is 2. The lowest BCUT2D eigenvalue weighted by Crippen LogP contribution is -2.19. The van der Waals surface area contributed by atoms with E-state index in [1.54, 1.807) is 6.07 Å². The minimum absolute atomic E-state index is 0.260. The van der Waals surface area contributed by atoms with Crippen LogP contribution in [-0.4, -0.2) is 48.0 Å². The summed E-state index contributed by atoms with van der Waals surface area (Å²) >= 11 is 3.42. The molecular formula is C17H22BrN5O. The van der Waals surface area contributed by atoms with Crippen molar-refractivity contribution >= 4 is 33.5 Å². The van der Waals surface area contributed by atoms with Crippen LogP contribution in [0.1, 0.15) is 22.6 Å². The minimum atomic E-state index is -0.260. The zero-order valence-electron chi connectivity index (χ0n) is 14.1. The van der Waals surface area contributed by atoms with Gasteiger partial charge in [-0.3, -0.25) is 4.79 Å². The number of para-hydroxylation sites is 1. The Bertz CT molecular complexity index is 705. The van der Waals surface area contributed by atoms with E-state index in [1.807, 2.05) is 45.3 Å². The number of halogens is 1. The van der Waals surface area contributed by atoms with E-state index in [0.717, 1.165) is 29.7 Å². The molecule has 1 heterocycles. The first-order valence-corrected chi connectivity index (χ1v) is 8.55. The third-order valence-corrected chi connectivity index (χ3v) is 3.97. The molecule has 2 rings (SSSR count). The maximum absolute atomic E-state index is 12.4. The van der Waals surface area contributed by atoms with Crippen LogP contribution in [0.2, 0.25) is 0 Å². The van der Waals surface area contributed by atoms with Crippen LogP contribution in [0, 0.1) is 6.92 Å². The van der Waals surface area contributed by atoms with Crippen molar-refractivity contribution in [2.24, 2.45) is 0 Å². The van der Waals surface area contributed by atoms with Crippen molar-refractivity contribution in [3.05, 3.63) is 46.2 Å². The first kappa shape index (κ1) is 18.4. The molecule has 7 heteroatoms. The molecule has 1 amide bonds. The average molecular weight is 392 g/mol. The molecule has 0 radical (unpaired) electrons. The molecule has 0 aliphatic rings. The molecule has 1 aromatic heterocycles. The van der Waals surface area contributed by atoms with E-state index in [4.69, 9.17) is 0 Å². The van der Waals surface area contributed by atoms with Gasteiger partial charge in [0.15, 0.2) is 0 Å². The van der Waals surface area contributed by atoms with Gasteiger partial charge in [-0.25, -0.2) is 9.97 Å². The second-order valence-electron chi connectivity index (χ2n) is 5.74. The predicted octanol–water partition coefficient (Wildman–Crippen LogP) is 3.16. The zero-order valence-corrected chi connectivity index (χ0v) is 15.7. The van der Waals surface area contributed by atoms with Gasteiger partial charge in [0, 0.05) is 16.7 Å². The van der Waals surface area contributed by atoms with E-state index in [9.17, 15) is 4.79 Å². The minimum Gasteiger partial charge on any atom is -0.354 e. The summed E-state index contributed by atoms with van der Waals surface area (Å²) in [6.45, 7) is 3.59. The number of aryl methyl sites for hydroxylation is 1. The Hall–Kier alpha value is -1.99. The highest BCUT2D eigenvalue weighted by atomic mass is 79.9. The van der Waals surface area contributed by atoms with Gasteiger partial charge in [0.2, 0.25) is 5.95 Å². The van der Waals surface area contributed by atoms with Crippen LogP contribution in [0.5, 0.6) is 0 Å². The van der Waals surface area contributed by atoms with Gasteiger partial charge in [-0.05, 0) is 68.1 Å². The summed E-state index contributed by atoms with van der Waals surface area (Å²) in [5.74, 6) is 0.217. The molecule has 0 bridgehead atoms. The number of benzene rings is 1. The summed E-state index contributed by atoms with van der Waals surface area (Å²) in [7, 11) is 4.07. The quantitative estimate of drug-likeness (QED) is 0.709. The molecule has 0 aliphatic carbocycles. The first-order chi connectivity index (χ1) is 11.5. The third-order valence-electron chi connectivity index (χ3n) is 3.27. The van der Waals surface area contributed by atoms with Crippen molar-refractivity contribution in [1.29, 1.82) is 0 Å². The maximum atomic E-state index is 12.4. The Balaban J connectivity index is 2.04. The Labute approximate surface area is 150 Å². The zero-order chi connectivity index (χ0) is 17.5. The van der Waals surface area contributed by atoms with E-state index in [1.165, 1.54) is 0 Å². The molecule has 2 N–H and O–H groups in total. The van der Waals surface area contributed by atoms with Gasteiger partial charge in [-0.15, -0.1) is 0 Å². The molecule has 128 valence electrons. The molecule has 0 spiro atoms. The Morgan fingerprint density at radius 1 is 1.25 bits per heavy atom. The molecule has 2 aromatic rings. The van der Waals surface area contributed by atoms with Crippen LogP contribution in [0.15, 0.2) is 34.8 Å². The number of amides is 1. The number of rotatable bonds is 7. The maximum Gasteiger partial charge on any atom is 0.274 e. The van der Waals surface area contributed by atoms with Crippen molar-refractivity contribution in [2.75, 3.05) is 37.8 Å². The molecule has 0 fully saturated rings. The second kappa shape index (κ2) is 8.75. The predicted molar refractivity (Wildman–Crippen MR) is 101 cm³/mol. The first-order valence-electron chi connectivity index (χ1n) is 7.76. The summed E-state index contributed by atoms with van der Waals surface area (Å²) in [5.41, 5.74) is 1.80. The topological polar surface area (TPSA) is 70.2 Å². The lowest BCUT2D eigenvalue weighted by molar-refractivity contribution is 0.102. The van der Waals surface area contributed by atoms with Crippen molar-refractivity contribution in [2.45, 2.75) is 13.3 Å². The van der Waals surface area contributed by atoms with Gasteiger partial charge in [0.1, 0.15) is 5.69 Å². The lowest BCUT2D eigenvalue weighted by atomic mass is 10.3. The smallest absolute Gasteiger partial charge is 0.274 e. The summed E-state index contributed by atoms with van der Waals surface area (Å²) in [4.78, 5) is 23.2. The Kier molecular flexibility index (Phi) is 6.69. The van der Waals surface area contributed by atoms with Gasteiger partial charge >= 0.3 is 0 Å². The standard InChI is InChI=1S/C17H22BrN5O/c1-12-11-15(16(24)21-14-8-5-4-7-13(14)18)22-17(20-12)19-9-6-10-23(2)3/h4-5,7-8,11H,6,9-10H2,1-3H3,(H,21,24)(H,19,20,22). The highest BCUT2D eigenvalue weighted by molar-refractivity contribution is 9.10. The number of hydrogen-bond donors (Lipinski definition) is 2. The van der Waals surface area contributed by atoms with Gasteiger partial charge in [-0.1, -0.05) is 12.1 Å². The normalized spacial score (nSPS) is 10.7. The van der Waals surface area contributed by atoms with Crippen LogP contribution in [-0.2, 0) is 0 Å². The average Bonchev–Trinajstić information content (AvgIpc) is 2.53. The Morgan fingerprint density at radius 2 is 2.00 bits per heavy atom. The number of anilines is 2. The van der Waals surface area contributed by atoms with E-state index < -0.39 is 0 Å². The van der Waals surface area contributed by atoms with Crippen LogP contribution in [0.3, 0.4) is 0 Å². The molecule has 1 aromatic carbocycles. The van der Waals surface area contributed by atoms with Crippen molar-refractivity contribution in [3.8, 4) is 0 Å². The number of hydrogen-bond acceptors (Lipinski definition) is 5. The van der Waals surface area contributed by atoms with Gasteiger partial charge in [0.05, 0.1) is 5.69 Å². The van der Waals surface area contributed by atoms with Crippen LogP contribution in [0.25, 0.3) is 0 Å². The number of carbonyl (C=O) groups excluding carboxylic acids is 1. The summed E-state index contributed by atoms with van der Waals surface area (Å²) in [5, 5.41) is 6.03. The van der Waals surface area contributed by atoms with Crippen LogP contribution < -0.4 is 10.6 Å². The lowest BCUT2D eigenvalue weighted by Gasteiger charge is -2.11. The molecule has 6 nitrogen and oxygen atoms in total. The monoisotopic (exact) mass is 391 g/mol. The fourth-order valence-electron chi connectivity index (χ4n) is 2.11. The fraction of sp³-hybridized carbons (Fsp3) is 0.353.